The van der Waals surface area contributed by atoms with E-state index in [1.54, 1.807) is 0 Å². The zero-order valence-corrected chi connectivity index (χ0v) is 13.5. The predicted molar refractivity (Wildman–Crippen MR) is 82.6 cm³/mol. The van der Waals surface area contributed by atoms with Crippen LogP contribution < -0.4 is 0 Å². The van der Waals surface area contributed by atoms with E-state index in [2.05, 4.69) is 4.90 Å². The highest BCUT2D eigenvalue weighted by Gasteiger charge is 2.54. The van der Waals surface area contributed by atoms with Gasteiger partial charge in [0.15, 0.2) is 0 Å². The van der Waals surface area contributed by atoms with E-state index in [1.165, 1.54) is 19.3 Å². The van der Waals surface area contributed by atoms with Gasteiger partial charge < -0.3 is 14.4 Å². The van der Waals surface area contributed by atoms with Crippen molar-refractivity contribution in [3.8, 4) is 0 Å². The fraction of sp³-hybridized carbons (Fsp3) is 0.941. The van der Waals surface area contributed by atoms with Crippen LogP contribution in [-0.4, -0.2) is 73.3 Å². The van der Waals surface area contributed by atoms with E-state index in [1.807, 2.05) is 4.90 Å². The van der Waals surface area contributed by atoms with Crippen molar-refractivity contribution in [2.24, 2.45) is 5.92 Å². The number of carbonyl (C=O) groups is 1. The summed E-state index contributed by atoms with van der Waals surface area (Å²) >= 11 is 0. The van der Waals surface area contributed by atoms with Crippen LogP contribution in [0.2, 0.25) is 0 Å². The lowest BCUT2D eigenvalue weighted by atomic mass is 9.77. The zero-order chi connectivity index (χ0) is 15.0. The van der Waals surface area contributed by atoms with Crippen molar-refractivity contribution in [2.75, 3.05) is 46.0 Å². The zero-order valence-electron chi connectivity index (χ0n) is 13.5. The summed E-state index contributed by atoms with van der Waals surface area (Å²) in [6, 6.07) is 0.813. The molecule has 4 fully saturated rings. The van der Waals surface area contributed by atoms with Crippen LogP contribution in [0.15, 0.2) is 0 Å². The molecule has 5 nitrogen and oxygen atoms in total. The summed E-state index contributed by atoms with van der Waals surface area (Å²) in [6.45, 7) is 5.76. The van der Waals surface area contributed by atoms with E-state index in [4.69, 9.17) is 9.47 Å². The van der Waals surface area contributed by atoms with Crippen LogP contribution in [0.4, 0.5) is 0 Å². The molecule has 4 aliphatic rings. The molecule has 1 atom stereocenters. The van der Waals surface area contributed by atoms with Crippen LogP contribution in [0.5, 0.6) is 0 Å². The van der Waals surface area contributed by atoms with Crippen LogP contribution in [-0.2, 0) is 14.3 Å². The molecule has 1 saturated carbocycles. The van der Waals surface area contributed by atoms with Crippen molar-refractivity contribution in [3.05, 3.63) is 0 Å². The van der Waals surface area contributed by atoms with Crippen LogP contribution in [0.3, 0.4) is 0 Å². The molecule has 124 valence electrons. The molecule has 0 aromatic carbocycles. The topological polar surface area (TPSA) is 42.0 Å². The van der Waals surface area contributed by atoms with Gasteiger partial charge in [0.05, 0.1) is 12.2 Å². The SMILES string of the molecule is O=C(COC[C@@H]1CCOC12CN(C1CCC1)C2)N1CCCC1. The van der Waals surface area contributed by atoms with E-state index >= 15 is 0 Å². The first kappa shape index (κ1) is 14.9. The molecule has 1 amide bonds. The third-order valence-electron chi connectivity index (χ3n) is 6.14. The molecule has 5 heteroatoms. The minimum atomic E-state index is 0.0340. The summed E-state index contributed by atoms with van der Waals surface area (Å²) in [5.74, 6) is 0.630. The molecular formula is C17H28N2O3. The number of hydrogen-bond donors (Lipinski definition) is 0. The number of nitrogens with zero attached hydrogens (tertiary/aromatic N) is 2. The average Bonchev–Trinajstić information content (AvgIpc) is 3.05. The lowest BCUT2D eigenvalue weighted by molar-refractivity contribution is -0.165. The molecule has 3 heterocycles. The Morgan fingerprint density at radius 3 is 2.59 bits per heavy atom. The Morgan fingerprint density at radius 2 is 1.91 bits per heavy atom. The van der Waals surface area contributed by atoms with Gasteiger partial charge in [0.25, 0.3) is 0 Å². The Kier molecular flexibility index (Phi) is 4.13. The largest absolute Gasteiger partial charge is 0.372 e. The summed E-state index contributed by atoms with van der Waals surface area (Å²) in [6.07, 6.45) is 7.48. The maximum absolute atomic E-state index is 12.0. The summed E-state index contributed by atoms with van der Waals surface area (Å²) in [4.78, 5) is 16.5. The van der Waals surface area contributed by atoms with E-state index in [0.29, 0.717) is 12.5 Å². The summed E-state index contributed by atoms with van der Waals surface area (Å²) in [5.41, 5.74) is 0.0340. The summed E-state index contributed by atoms with van der Waals surface area (Å²) in [7, 11) is 0. The molecule has 0 aromatic rings. The minimum absolute atomic E-state index is 0.0340. The molecule has 3 aliphatic heterocycles. The normalized spacial score (nSPS) is 31.5. The van der Waals surface area contributed by atoms with Gasteiger partial charge in [-0.15, -0.1) is 0 Å². The summed E-state index contributed by atoms with van der Waals surface area (Å²) < 4.78 is 11.8. The van der Waals surface area contributed by atoms with Crippen LogP contribution in [0.25, 0.3) is 0 Å². The first-order valence-electron chi connectivity index (χ1n) is 9.00. The smallest absolute Gasteiger partial charge is 0.248 e. The quantitative estimate of drug-likeness (QED) is 0.767. The Labute approximate surface area is 132 Å². The van der Waals surface area contributed by atoms with Gasteiger partial charge in [-0.25, -0.2) is 0 Å². The van der Waals surface area contributed by atoms with Crippen molar-refractivity contribution in [2.45, 2.75) is 50.2 Å². The van der Waals surface area contributed by atoms with Crippen molar-refractivity contribution >= 4 is 5.91 Å². The van der Waals surface area contributed by atoms with Crippen molar-refractivity contribution in [1.82, 2.24) is 9.80 Å². The highest BCUT2D eigenvalue weighted by Crippen LogP contribution is 2.43. The third-order valence-corrected chi connectivity index (χ3v) is 6.14. The molecular weight excluding hydrogens is 280 g/mol. The van der Waals surface area contributed by atoms with E-state index in [0.717, 1.165) is 58.1 Å². The van der Waals surface area contributed by atoms with Crippen molar-refractivity contribution in [1.29, 1.82) is 0 Å². The number of likely N-dealkylation sites (tertiary alicyclic amines) is 2. The highest BCUT2D eigenvalue weighted by molar-refractivity contribution is 5.77. The Hall–Kier alpha value is -0.650. The first-order chi connectivity index (χ1) is 10.8. The average molecular weight is 308 g/mol. The van der Waals surface area contributed by atoms with Crippen molar-refractivity contribution in [3.63, 3.8) is 0 Å². The van der Waals surface area contributed by atoms with Gasteiger partial charge in [-0.3, -0.25) is 9.69 Å². The second-order valence-corrected chi connectivity index (χ2v) is 7.49. The number of ether oxygens (including phenoxy) is 2. The Bertz CT molecular complexity index is 412. The number of rotatable bonds is 5. The van der Waals surface area contributed by atoms with Gasteiger partial charge >= 0.3 is 0 Å². The second kappa shape index (κ2) is 6.10. The molecule has 4 rings (SSSR count). The molecule has 0 unspecified atom stereocenters. The van der Waals surface area contributed by atoms with Gasteiger partial charge in [-0.2, -0.15) is 0 Å². The number of amides is 1. The maximum Gasteiger partial charge on any atom is 0.248 e. The third kappa shape index (κ3) is 2.68. The molecule has 0 bridgehead atoms. The van der Waals surface area contributed by atoms with Gasteiger partial charge in [-0.1, -0.05) is 6.42 Å². The van der Waals surface area contributed by atoms with Gasteiger partial charge in [0.1, 0.15) is 6.61 Å². The van der Waals surface area contributed by atoms with Gasteiger partial charge in [-0.05, 0) is 32.1 Å². The summed E-state index contributed by atoms with van der Waals surface area (Å²) in [5, 5.41) is 0. The highest BCUT2D eigenvalue weighted by atomic mass is 16.5. The minimum Gasteiger partial charge on any atom is -0.372 e. The first-order valence-corrected chi connectivity index (χ1v) is 9.00. The molecule has 22 heavy (non-hydrogen) atoms. The Balaban J connectivity index is 1.21. The number of carbonyl (C=O) groups excluding carboxylic acids is 1. The fourth-order valence-electron chi connectivity index (χ4n) is 4.37. The van der Waals surface area contributed by atoms with Crippen LogP contribution in [0.1, 0.15) is 38.5 Å². The fourth-order valence-corrected chi connectivity index (χ4v) is 4.37. The predicted octanol–water partition coefficient (Wildman–Crippen LogP) is 1.27. The monoisotopic (exact) mass is 308 g/mol. The second-order valence-electron chi connectivity index (χ2n) is 7.49. The van der Waals surface area contributed by atoms with E-state index in [9.17, 15) is 4.79 Å². The standard InChI is InChI=1S/C17H28N2O3/c20-16(18-7-1-2-8-18)11-21-10-14-6-9-22-17(14)12-19(13-17)15-4-3-5-15/h14-15H,1-13H2/t14-/m0/s1. The van der Waals surface area contributed by atoms with Crippen LogP contribution >= 0.6 is 0 Å². The lowest BCUT2D eigenvalue weighted by Gasteiger charge is -2.55. The van der Waals surface area contributed by atoms with Crippen molar-refractivity contribution < 1.29 is 14.3 Å². The van der Waals surface area contributed by atoms with Crippen LogP contribution in [0, 0.1) is 5.92 Å². The molecule has 0 radical (unpaired) electrons. The lowest BCUT2D eigenvalue weighted by Crippen LogP contribution is -2.68. The molecule has 0 aromatic heterocycles. The molecule has 1 aliphatic carbocycles. The van der Waals surface area contributed by atoms with E-state index < -0.39 is 0 Å². The molecule has 0 N–H and O–H groups in total. The maximum atomic E-state index is 12.0. The number of hydrogen-bond acceptors (Lipinski definition) is 4. The van der Waals surface area contributed by atoms with E-state index in [-0.39, 0.29) is 18.1 Å². The van der Waals surface area contributed by atoms with Gasteiger partial charge in [0.2, 0.25) is 5.91 Å². The molecule has 1 spiro atoms. The molecule has 3 saturated heterocycles. The Morgan fingerprint density at radius 1 is 1.14 bits per heavy atom. The van der Waals surface area contributed by atoms with Gasteiger partial charge in [0, 0.05) is 44.7 Å².